The van der Waals surface area contributed by atoms with Crippen LogP contribution in [-0.2, 0) is 4.79 Å². The van der Waals surface area contributed by atoms with Gasteiger partial charge in [0, 0.05) is 0 Å². The second-order valence-corrected chi connectivity index (χ2v) is 1.51. The van der Waals surface area contributed by atoms with Crippen molar-refractivity contribution in [1.82, 2.24) is 0 Å². The van der Waals surface area contributed by atoms with Crippen LogP contribution in [0.4, 0.5) is 0 Å². The molecule has 0 bridgehead atoms. The number of carbonyl (C=O) groups is 1. The average molecular weight is 132 g/mol. The quantitative estimate of drug-likeness (QED) is 0.429. The molecule has 0 heterocycles. The molecule has 2 atom stereocenters. The van der Waals surface area contributed by atoms with E-state index in [1.165, 1.54) is 0 Å². The Morgan fingerprint density at radius 3 is 2.11 bits per heavy atom. The molecule has 0 saturated heterocycles. The normalized spacial score (nSPS) is 16.2. The highest BCUT2D eigenvalue weighted by atomic mass is 16.4. The predicted molar refractivity (Wildman–Crippen MR) is 29.8 cm³/mol. The van der Waals surface area contributed by atoms with Crippen molar-refractivity contribution in [2.75, 3.05) is 0 Å². The van der Waals surface area contributed by atoms with E-state index >= 15 is 0 Å². The van der Waals surface area contributed by atoms with Crippen LogP contribution in [0.15, 0.2) is 12.7 Å². The molecule has 0 aromatic heterocycles. The molecule has 0 aromatic rings. The van der Waals surface area contributed by atoms with E-state index in [0.717, 1.165) is 6.08 Å². The van der Waals surface area contributed by atoms with Gasteiger partial charge in [0.05, 0.1) is 0 Å². The highest BCUT2D eigenvalue weighted by Crippen LogP contribution is 1.92. The van der Waals surface area contributed by atoms with Crippen LogP contribution in [0.2, 0.25) is 0 Å². The molecule has 0 spiro atoms. The minimum atomic E-state index is -1.76. The maximum atomic E-state index is 9.84. The Labute approximate surface area is 52.1 Å². The Bertz CT molecular complexity index is 120. The van der Waals surface area contributed by atoms with Crippen LogP contribution in [0, 0.1) is 0 Å². The third-order valence-corrected chi connectivity index (χ3v) is 0.818. The molecule has 52 valence electrons. The Morgan fingerprint density at radius 1 is 1.56 bits per heavy atom. The average Bonchev–Trinajstić information content (AvgIpc) is 1.84. The molecule has 0 radical (unpaired) electrons. The zero-order valence-corrected chi connectivity index (χ0v) is 4.69. The van der Waals surface area contributed by atoms with E-state index in [1.807, 2.05) is 0 Å². The molecule has 0 aliphatic heterocycles. The Kier molecular flexibility index (Phi) is 2.90. The molecule has 0 aliphatic rings. The second-order valence-electron chi connectivity index (χ2n) is 1.51. The van der Waals surface area contributed by atoms with E-state index in [0.29, 0.717) is 0 Å². The molecule has 9 heavy (non-hydrogen) atoms. The van der Waals surface area contributed by atoms with Crippen LogP contribution in [0.5, 0.6) is 0 Å². The third-order valence-electron chi connectivity index (χ3n) is 0.818. The van der Waals surface area contributed by atoms with E-state index < -0.39 is 18.2 Å². The van der Waals surface area contributed by atoms with Gasteiger partial charge in [-0.15, -0.1) is 6.58 Å². The summed E-state index contributed by atoms with van der Waals surface area (Å²) in [6.07, 6.45) is -2.19. The van der Waals surface area contributed by atoms with Crippen molar-refractivity contribution in [3.63, 3.8) is 0 Å². The number of carboxylic acid groups (broad SMARTS) is 1. The van der Waals surface area contributed by atoms with Crippen molar-refractivity contribution in [3.8, 4) is 0 Å². The molecule has 3 N–H and O–H groups in total. The first kappa shape index (κ1) is 8.13. The molecule has 2 unspecified atom stereocenters. The van der Waals surface area contributed by atoms with Crippen LogP contribution < -0.4 is 0 Å². The Hall–Kier alpha value is -0.870. The van der Waals surface area contributed by atoms with Gasteiger partial charge in [0.1, 0.15) is 6.10 Å². The first-order valence-electron chi connectivity index (χ1n) is 2.31. The lowest BCUT2D eigenvalue weighted by molar-refractivity contribution is -0.150. The minimum Gasteiger partial charge on any atom is -0.479 e. The van der Waals surface area contributed by atoms with Crippen LogP contribution in [-0.4, -0.2) is 33.5 Å². The molecule has 0 fully saturated rings. The van der Waals surface area contributed by atoms with Crippen LogP contribution >= 0.6 is 0 Å². The highest BCUT2D eigenvalue weighted by Gasteiger charge is 2.19. The summed E-state index contributed by atoms with van der Waals surface area (Å²) in [6, 6.07) is 0. The van der Waals surface area contributed by atoms with Gasteiger partial charge in [0.2, 0.25) is 0 Å². The van der Waals surface area contributed by atoms with Gasteiger partial charge >= 0.3 is 5.97 Å². The number of carboxylic acids is 1. The Balaban J connectivity index is 3.86. The van der Waals surface area contributed by atoms with E-state index in [9.17, 15) is 4.79 Å². The minimum absolute atomic E-state index is 0.957. The number of aliphatic hydroxyl groups excluding tert-OH is 2. The summed E-state index contributed by atoms with van der Waals surface area (Å²) < 4.78 is 0. The van der Waals surface area contributed by atoms with Crippen molar-refractivity contribution in [3.05, 3.63) is 12.7 Å². The number of aliphatic carboxylic acids is 1. The molecular weight excluding hydrogens is 124 g/mol. The third kappa shape index (κ3) is 2.25. The maximum absolute atomic E-state index is 9.84. The SMILES string of the molecule is C=CC(O)C(O)C(=O)O. The fraction of sp³-hybridized carbons (Fsp3) is 0.400. The molecule has 0 amide bonds. The van der Waals surface area contributed by atoms with Crippen molar-refractivity contribution >= 4 is 5.97 Å². The summed E-state index contributed by atoms with van der Waals surface area (Å²) in [6.45, 7) is 3.09. The van der Waals surface area contributed by atoms with Gasteiger partial charge < -0.3 is 15.3 Å². The van der Waals surface area contributed by atoms with Crippen LogP contribution in [0.25, 0.3) is 0 Å². The van der Waals surface area contributed by atoms with Gasteiger partial charge in [-0.05, 0) is 0 Å². The number of hydrogen-bond acceptors (Lipinski definition) is 3. The summed E-state index contributed by atoms with van der Waals surface area (Å²) in [5.41, 5.74) is 0. The lowest BCUT2D eigenvalue weighted by Crippen LogP contribution is -2.31. The van der Waals surface area contributed by atoms with Crippen molar-refractivity contribution in [1.29, 1.82) is 0 Å². The van der Waals surface area contributed by atoms with Crippen molar-refractivity contribution in [2.45, 2.75) is 12.2 Å². The summed E-state index contributed by atoms with van der Waals surface area (Å²) in [4.78, 5) is 9.84. The summed E-state index contributed by atoms with van der Waals surface area (Å²) >= 11 is 0. The van der Waals surface area contributed by atoms with Gasteiger partial charge in [-0.2, -0.15) is 0 Å². The number of hydrogen-bond donors (Lipinski definition) is 3. The summed E-state index contributed by atoms with van der Waals surface area (Å²) in [5.74, 6) is -1.46. The van der Waals surface area contributed by atoms with Crippen molar-refractivity contribution in [2.24, 2.45) is 0 Å². The molecular formula is C5H8O4. The molecule has 4 nitrogen and oxygen atoms in total. The van der Waals surface area contributed by atoms with Gasteiger partial charge in [-0.1, -0.05) is 6.08 Å². The van der Waals surface area contributed by atoms with Crippen LogP contribution in [0.1, 0.15) is 0 Å². The lowest BCUT2D eigenvalue weighted by Gasteiger charge is -2.07. The first-order valence-corrected chi connectivity index (χ1v) is 2.31. The predicted octanol–water partition coefficient (Wildman–Crippen LogP) is -1.02. The standard InChI is InChI=1S/C5H8O4/c1-2-3(6)4(7)5(8)9/h2-4,6-7H,1H2,(H,8,9). The maximum Gasteiger partial charge on any atom is 0.335 e. The second kappa shape index (κ2) is 3.21. The van der Waals surface area contributed by atoms with E-state index in [-0.39, 0.29) is 0 Å². The topological polar surface area (TPSA) is 77.8 Å². The van der Waals surface area contributed by atoms with E-state index in [4.69, 9.17) is 15.3 Å². The zero-order valence-electron chi connectivity index (χ0n) is 4.69. The van der Waals surface area contributed by atoms with Crippen LogP contribution in [0.3, 0.4) is 0 Å². The van der Waals surface area contributed by atoms with Crippen molar-refractivity contribution < 1.29 is 20.1 Å². The number of rotatable bonds is 3. The molecule has 0 aromatic carbocycles. The summed E-state index contributed by atoms with van der Waals surface area (Å²) in [5, 5.41) is 25.0. The van der Waals surface area contributed by atoms with Gasteiger partial charge in [0.25, 0.3) is 0 Å². The zero-order chi connectivity index (χ0) is 7.44. The molecule has 4 heteroatoms. The number of aliphatic hydroxyl groups is 2. The lowest BCUT2D eigenvalue weighted by atomic mass is 10.2. The monoisotopic (exact) mass is 132 g/mol. The van der Waals surface area contributed by atoms with Gasteiger partial charge in [-0.3, -0.25) is 0 Å². The molecule has 0 rings (SSSR count). The molecule has 0 aliphatic carbocycles. The first-order chi connectivity index (χ1) is 4.09. The van der Waals surface area contributed by atoms with E-state index in [1.54, 1.807) is 0 Å². The summed E-state index contributed by atoms with van der Waals surface area (Å²) in [7, 11) is 0. The van der Waals surface area contributed by atoms with Gasteiger partial charge in [-0.25, -0.2) is 4.79 Å². The fourth-order valence-corrected chi connectivity index (χ4v) is 0.275. The van der Waals surface area contributed by atoms with Gasteiger partial charge in [0.15, 0.2) is 6.10 Å². The highest BCUT2D eigenvalue weighted by molar-refractivity contribution is 5.73. The molecule has 0 saturated carbocycles. The smallest absolute Gasteiger partial charge is 0.335 e. The largest absolute Gasteiger partial charge is 0.479 e. The van der Waals surface area contributed by atoms with E-state index in [2.05, 4.69) is 6.58 Å². The fourth-order valence-electron chi connectivity index (χ4n) is 0.275. The Morgan fingerprint density at radius 2 is 2.00 bits per heavy atom.